The highest BCUT2D eigenvalue weighted by atomic mass is 35.5. The second-order valence-electron chi connectivity index (χ2n) is 5.79. The van der Waals surface area contributed by atoms with Crippen LogP contribution in [0.1, 0.15) is 18.9 Å². The van der Waals surface area contributed by atoms with E-state index in [0.717, 1.165) is 17.1 Å². The highest BCUT2D eigenvalue weighted by Gasteiger charge is 2.18. The molecule has 146 valence electrons. The van der Waals surface area contributed by atoms with Gasteiger partial charge in [-0.1, -0.05) is 42.3 Å². The van der Waals surface area contributed by atoms with E-state index in [9.17, 15) is 4.79 Å². The minimum absolute atomic E-state index is 0.115. The average Bonchev–Trinajstić information content (AvgIpc) is 2.68. The fraction of sp³-hybridized carbons (Fsp3) is 0.350. The summed E-state index contributed by atoms with van der Waals surface area (Å²) in [7, 11) is 1.60. The SMILES string of the molecule is CC[C@H](Oc1cccc(OC)c1)C(=O)NCCSCc1ccc(Cl)c(Cl)c1. The van der Waals surface area contributed by atoms with Gasteiger partial charge in [-0.05, 0) is 36.2 Å². The Bertz CT molecular complexity index is 758. The van der Waals surface area contributed by atoms with Crippen molar-refractivity contribution >= 4 is 40.9 Å². The quantitative estimate of drug-likeness (QED) is 0.528. The molecule has 4 nitrogen and oxygen atoms in total. The number of benzene rings is 2. The van der Waals surface area contributed by atoms with E-state index >= 15 is 0 Å². The van der Waals surface area contributed by atoms with Crippen LogP contribution in [-0.4, -0.2) is 31.4 Å². The molecule has 0 aliphatic rings. The van der Waals surface area contributed by atoms with E-state index in [-0.39, 0.29) is 5.91 Å². The summed E-state index contributed by atoms with van der Waals surface area (Å²) in [5, 5.41) is 4.04. The van der Waals surface area contributed by atoms with Crippen LogP contribution in [0.15, 0.2) is 42.5 Å². The molecule has 7 heteroatoms. The minimum atomic E-state index is -0.530. The smallest absolute Gasteiger partial charge is 0.261 e. The maximum absolute atomic E-state index is 12.3. The minimum Gasteiger partial charge on any atom is -0.497 e. The van der Waals surface area contributed by atoms with Gasteiger partial charge in [0.25, 0.3) is 5.91 Å². The zero-order chi connectivity index (χ0) is 19.6. The molecule has 0 saturated heterocycles. The van der Waals surface area contributed by atoms with Crippen LogP contribution in [0.25, 0.3) is 0 Å². The van der Waals surface area contributed by atoms with Crippen LogP contribution in [0.3, 0.4) is 0 Å². The molecule has 0 spiro atoms. The number of ether oxygens (including phenoxy) is 2. The molecule has 0 fully saturated rings. The lowest BCUT2D eigenvalue weighted by atomic mass is 10.2. The number of halogens is 2. The number of carbonyl (C=O) groups excluding carboxylic acids is 1. The van der Waals surface area contributed by atoms with Crippen molar-refractivity contribution in [3.8, 4) is 11.5 Å². The van der Waals surface area contributed by atoms with Gasteiger partial charge in [0.05, 0.1) is 17.2 Å². The third-order valence-corrected chi connectivity index (χ3v) is 5.55. The fourth-order valence-electron chi connectivity index (χ4n) is 2.34. The summed E-state index contributed by atoms with van der Waals surface area (Å²) in [4.78, 5) is 12.3. The maximum atomic E-state index is 12.3. The van der Waals surface area contributed by atoms with Gasteiger partial charge in [-0.25, -0.2) is 0 Å². The number of amides is 1. The Kier molecular flexibility index (Phi) is 9.11. The van der Waals surface area contributed by atoms with E-state index in [4.69, 9.17) is 32.7 Å². The Balaban J connectivity index is 1.73. The molecule has 0 aromatic heterocycles. The van der Waals surface area contributed by atoms with Crippen molar-refractivity contribution < 1.29 is 14.3 Å². The van der Waals surface area contributed by atoms with Gasteiger partial charge >= 0.3 is 0 Å². The van der Waals surface area contributed by atoms with Gasteiger partial charge < -0.3 is 14.8 Å². The Labute approximate surface area is 174 Å². The molecule has 1 N–H and O–H groups in total. The summed E-state index contributed by atoms with van der Waals surface area (Å²) < 4.78 is 11.0. The molecule has 1 amide bonds. The van der Waals surface area contributed by atoms with Gasteiger partial charge in [-0.15, -0.1) is 0 Å². The van der Waals surface area contributed by atoms with E-state index in [1.165, 1.54) is 0 Å². The average molecular weight is 428 g/mol. The van der Waals surface area contributed by atoms with Crippen molar-refractivity contribution in [2.24, 2.45) is 0 Å². The molecule has 27 heavy (non-hydrogen) atoms. The van der Waals surface area contributed by atoms with E-state index in [0.29, 0.717) is 34.5 Å². The summed E-state index contributed by atoms with van der Waals surface area (Å²) in [6, 6.07) is 12.9. The van der Waals surface area contributed by atoms with Crippen molar-refractivity contribution in [1.82, 2.24) is 5.32 Å². The molecule has 1 atom stereocenters. The van der Waals surface area contributed by atoms with Crippen LogP contribution in [0.2, 0.25) is 10.0 Å². The van der Waals surface area contributed by atoms with Gasteiger partial charge in [0.1, 0.15) is 11.5 Å². The molecule has 0 aliphatic heterocycles. The van der Waals surface area contributed by atoms with E-state index in [1.807, 2.05) is 37.3 Å². The molecule has 0 bridgehead atoms. The van der Waals surface area contributed by atoms with E-state index in [1.54, 1.807) is 31.0 Å². The van der Waals surface area contributed by atoms with Crippen LogP contribution >= 0.6 is 35.0 Å². The number of rotatable bonds is 10. The fourth-order valence-corrected chi connectivity index (χ4v) is 3.47. The standard InChI is InChI=1S/C20H23Cl2NO3S/c1-3-19(26-16-6-4-5-15(12-16)25-2)20(24)23-9-10-27-13-14-7-8-17(21)18(22)11-14/h4-8,11-12,19H,3,9-10,13H2,1-2H3,(H,23,24)/t19-/m0/s1. The van der Waals surface area contributed by atoms with Crippen molar-refractivity contribution in [2.75, 3.05) is 19.4 Å². The summed E-state index contributed by atoms with van der Waals surface area (Å²) in [5.41, 5.74) is 1.11. The highest BCUT2D eigenvalue weighted by molar-refractivity contribution is 7.98. The maximum Gasteiger partial charge on any atom is 0.261 e. The van der Waals surface area contributed by atoms with Crippen molar-refractivity contribution in [1.29, 1.82) is 0 Å². The predicted molar refractivity (Wildman–Crippen MR) is 113 cm³/mol. The molecular formula is C20H23Cl2NO3S. The van der Waals surface area contributed by atoms with Crippen LogP contribution in [0, 0.1) is 0 Å². The first-order valence-corrected chi connectivity index (χ1v) is 10.5. The summed E-state index contributed by atoms with van der Waals surface area (Å²) in [5.74, 6) is 2.80. The first-order valence-electron chi connectivity index (χ1n) is 8.63. The summed E-state index contributed by atoms with van der Waals surface area (Å²) >= 11 is 13.6. The van der Waals surface area contributed by atoms with Gasteiger partial charge in [0, 0.05) is 24.1 Å². The van der Waals surface area contributed by atoms with E-state index in [2.05, 4.69) is 5.32 Å². The van der Waals surface area contributed by atoms with Crippen LogP contribution in [0.4, 0.5) is 0 Å². The first-order chi connectivity index (χ1) is 13.0. The molecule has 0 radical (unpaired) electrons. The zero-order valence-corrected chi connectivity index (χ0v) is 17.7. The lowest BCUT2D eigenvalue weighted by Crippen LogP contribution is -2.39. The van der Waals surface area contributed by atoms with Gasteiger partial charge in [-0.2, -0.15) is 11.8 Å². The molecule has 0 unspecified atom stereocenters. The topological polar surface area (TPSA) is 47.6 Å². The molecule has 2 rings (SSSR count). The van der Waals surface area contributed by atoms with Crippen LogP contribution in [-0.2, 0) is 10.5 Å². The van der Waals surface area contributed by atoms with Crippen molar-refractivity contribution in [3.05, 3.63) is 58.1 Å². The lowest BCUT2D eigenvalue weighted by Gasteiger charge is -2.17. The summed E-state index contributed by atoms with van der Waals surface area (Å²) in [6.07, 6.45) is 0.0524. The largest absolute Gasteiger partial charge is 0.497 e. The zero-order valence-electron chi connectivity index (χ0n) is 15.3. The third-order valence-electron chi connectivity index (χ3n) is 3.78. The normalized spacial score (nSPS) is 11.7. The number of hydrogen-bond donors (Lipinski definition) is 1. The third kappa shape index (κ3) is 7.17. The number of nitrogens with one attached hydrogen (secondary N) is 1. The first kappa shape index (κ1) is 21.7. The number of methoxy groups -OCH3 is 1. The monoisotopic (exact) mass is 427 g/mol. The van der Waals surface area contributed by atoms with Gasteiger partial charge in [0.2, 0.25) is 0 Å². The molecular weight excluding hydrogens is 405 g/mol. The molecule has 2 aromatic rings. The molecule has 0 saturated carbocycles. The number of thioether (sulfide) groups is 1. The van der Waals surface area contributed by atoms with Gasteiger partial charge in [0.15, 0.2) is 6.10 Å². The predicted octanol–water partition coefficient (Wildman–Crippen LogP) is 5.21. The number of hydrogen-bond acceptors (Lipinski definition) is 4. The Morgan fingerprint density at radius 2 is 1.93 bits per heavy atom. The lowest BCUT2D eigenvalue weighted by molar-refractivity contribution is -0.127. The van der Waals surface area contributed by atoms with Crippen LogP contribution in [0.5, 0.6) is 11.5 Å². The molecule has 2 aromatic carbocycles. The highest BCUT2D eigenvalue weighted by Crippen LogP contribution is 2.24. The van der Waals surface area contributed by atoms with Gasteiger partial charge in [-0.3, -0.25) is 4.79 Å². The Hall–Kier alpha value is -1.56. The molecule has 0 aliphatic carbocycles. The second kappa shape index (κ2) is 11.3. The van der Waals surface area contributed by atoms with Crippen molar-refractivity contribution in [3.63, 3.8) is 0 Å². The molecule has 0 heterocycles. The Morgan fingerprint density at radius 3 is 2.63 bits per heavy atom. The van der Waals surface area contributed by atoms with Crippen LogP contribution < -0.4 is 14.8 Å². The van der Waals surface area contributed by atoms with Crippen molar-refractivity contribution in [2.45, 2.75) is 25.2 Å². The van der Waals surface area contributed by atoms with E-state index < -0.39 is 6.10 Å². The Morgan fingerprint density at radius 1 is 1.15 bits per heavy atom. The summed E-state index contributed by atoms with van der Waals surface area (Å²) in [6.45, 7) is 2.49. The number of carbonyl (C=O) groups is 1. The second-order valence-corrected chi connectivity index (χ2v) is 7.71.